The lowest BCUT2D eigenvalue weighted by atomic mass is 10.1. The zero-order valence-electron chi connectivity index (χ0n) is 9.91. The number of hydrogen-bond acceptors (Lipinski definition) is 2. The Hall–Kier alpha value is -1.10. The van der Waals surface area contributed by atoms with Gasteiger partial charge in [-0.3, -0.25) is 0 Å². The van der Waals surface area contributed by atoms with Gasteiger partial charge in [0.25, 0.3) is 0 Å². The Kier molecular flexibility index (Phi) is 4.80. The maximum Gasteiger partial charge on any atom is 0.130 e. The van der Waals surface area contributed by atoms with E-state index < -0.39 is 11.9 Å². The van der Waals surface area contributed by atoms with E-state index in [1.807, 2.05) is 24.3 Å². The molecule has 2 aromatic rings. The average Bonchev–Trinajstić information content (AvgIpc) is 2.39. The average molecular weight is 345 g/mol. The highest BCUT2D eigenvalue weighted by molar-refractivity contribution is 9.10. The van der Waals surface area contributed by atoms with Gasteiger partial charge < -0.3 is 10.4 Å². The molecule has 0 aliphatic heterocycles. The molecule has 2 rings (SSSR count). The minimum atomic E-state index is -0.588. The predicted molar refractivity (Wildman–Crippen MR) is 79.0 cm³/mol. The molecule has 1 atom stereocenters. The summed E-state index contributed by atoms with van der Waals surface area (Å²) in [6.45, 7) is -0.253. The first-order valence-electron chi connectivity index (χ1n) is 5.68. The summed E-state index contributed by atoms with van der Waals surface area (Å²) in [5.74, 6) is -0.434. The fourth-order valence-electron chi connectivity index (χ4n) is 1.80. The fraction of sp³-hybridized carbons (Fsp3) is 0.143. The van der Waals surface area contributed by atoms with E-state index in [4.69, 9.17) is 11.6 Å². The molecule has 2 aromatic carbocycles. The second-order valence-electron chi connectivity index (χ2n) is 4.02. The van der Waals surface area contributed by atoms with Gasteiger partial charge in [-0.05, 0) is 36.4 Å². The Morgan fingerprint density at radius 2 is 1.89 bits per heavy atom. The zero-order valence-corrected chi connectivity index (χ0v) is 12.2. The van der Waals surface area contributed by atoms with E-state index in [-0.39, 0.29) is 12.2 Å². The first-order chi connectivity index (χ1) is 9.11. The molecule has 2 N–H and O–H groups in total. The fourth-order valence-corrected chi connectivity index (χ4v) is 2.36. The second kappa shape index (κ2) is 6.37. The van der Waals surface area contributed by atoms with Gasteiger partial charge in [-0.15, -0.1) is 0 Å². The van der Waals surface area contributed by atoms with Crippen molar-refractivity contribution < 1.29 is 9.50 Å². The SMILES string of the molecule is OCC(Nc1ccc(Br)cc1)c1c(F)cccc1Cl. The van der Waals surface area contributed by atoms with Crippen LogP contribution in [0.5, 0.6) is 0 Å². The predicted octanol–water partition coefficient (Wildman–Crippen LogP) is 4.39. The third-order valence-electron chi connectivity index (χ3n) is 2.72. The molecule has 19 heavy (non-hydrogen) atoms. The summed E-state index contributed by atoms with van der Waals surface area (Å²) >= 11 is 9.33. The van der Waals surface area contributed by atoms with E-state index in [0.29, 0.717) is 5.02 Å². The summed E-state index contributed by atoms with van der Waals surface area (Å²) in [5, 5.41) is 12.8. The van der Waals surface area contributed by atoms with Gasteiger partial charge in [0.15, 0.2) is 0 Å². The van der Waals surface area contributed by atoms with E-state index in [2.05, 4.69) is 21.2 Å². The van der Waals surface area contributed by atoms with Crippen LogP contribution in [0, 0.1) is 5.82 Å². The van der Waals surface area contributed by atoms with Crippen molar-refractivity contribution in [2.75, 3.05) is 11.9 Å². The monoisotopic (exact) mass is 343 g/mol. The van der Waals surface area contributed by atoms with Crippen molar-refractivity contribution in [2.45, 2.75) is 6.04 Å². The van der Waals surface area contributed by atoms with E-state index in [0.717, 1.165) is 10.2 Å². The summed E-state index contributed by atoms with van der Waals surface area (Å²) in [4.78, 5) is 0. The Morgan fingerprint density at radius 1 is 1.21 bits per heavy atom. The number of nitrogens with one attached hydrogen (secondary N) is 1. The molecule has 0 radical (unpaired) electrons. The van der Waals surface area contributed by atoms with Crippen molar-refractivity contribution >= 4 is 33.2 Å². The topological polar surface area (TPSA) is 32.3 Å². The van der Waals surface area contributed by atoms with Gasteiger partial charge in [0.2, 0.25) is 0 Å². The van der Waals surface area contributed by atoms with E-state index in [1.54, 1.807) is 6.07 Å². The lowest BCUT2D eigenvalue weighted by Crippen LogP contribution is -2.16. The molecule has 0 saturated carbocycles. The van der Waals surface area contributed by atoms with Crippen molar-refractivity contribution in [3.63, 3.8) is 0 Å². The van der Waals surface area contributed by atoms with Crippen molar-refractivity contribution in [3.05, 3.63) is 63.3 Å². The van der Waals surface area contributed by atoms with Gasteiger partial charge in [-0.2, -0.15) is 0 Å². The van der Waals surface area contributed by atoms with Crippen LogP contribution in [-0.4, -0.2) is 11.7 Å². The molecule has 0 amide bonds. The molecule has 0 aliphatic rings. The van der Waals surface area contributed by atoms with Gasteiger partial charge in [0.1, 0.15) is 5.82 Å². The second-order valence-corrected chi connectivity index (χ2v) is 5.34. The normalized spacial score (nSPS) is 12.2. The Morgan fingerprint density at radius 3 is 2.47 bits per heavy atom. The van der Waals surface area contributed by atoms with Gasteiger partial charge in [-0.25, -0.2) is 4.39 Å². The molecular weight excluding hydrogens is 333 g/mol. The van der Waals surface area contributed by atoms with Crippen molar-refractivity contribution in [1.82, 2.24) is 0 Å². The third-order valence-corrected chi connectivity index (χ3v) is 3.57. The first kappa shape index (κ1) is 14.3. The molecular formula is C14H12BrClFNO. The molecule has 2 nitrogen and oxygen atoms in total. The highest BCUT2D eigenvalue weighted by atomic mass is 79.9. The molecule has 0 fully saturated rings. The summed E-state index contributed by atoms with van der Waals surface area (Å²) in [5.41, 5.74) is 1.05. The van der Waals surface area contributed by atoms with Gasteiger partial charge in [0, 0.05) is 20.7 Å². The smallest absolute Gasteiger partial charge is 0.130 e. The number of hydrogen-bond donors (Lipinski definition) is 2. The molecule has 0 bridgehead atoms. The molecule has 0 aromatic heterocycles. The minimum Gasteiger partial charge on any atom is -0.394 e. The molecule has 0 heterocycles. The molecule has 1 unspecified atom stereocenters. The zero-order chi connectivity index (χ0) is 13.8. The van der Waals surface area contributed by atoms with Crippen LogP contribution in [0.3, 0.4) is 0 Å². The van der Waals surface area contributed by atoms with Crippen molar-refractivity contribution in [1.29, 1.82) is 0 Å². The van der Waals surface area contributed by atoms with Crippen LogP contribution in [0.4, 0.5) is 10.1 Å². The number of rotatable bonds is 4. The Labute approximate surface area is 124 Å². The largest absolute Gasteiger partial charge is 0.394 e. The third kappa shape index (κ3) is 3.47. The van der Waals surface area contributed by atoms with E-state index >= 15 is 0 Å². The Bertz CT molecular complexity index is 542. The summed E-state index contributed by atoms with van der Waals surface area (Å²) in [6, 6.07) is 11.3. The number of halogens is 3. The van der Waals surface area contributed by atoms with Crippen LogP contribution in [0.1, 0.15) is 11.6 Å². The van der Waals surface area contributed by atoms with Gasteiger partial charge in [0.05, 0.1) is 12.6 Å². The standard InChI is InChI=1S/C14H12BrClFNO/c15-9-4-6-10(7-5-9)18-13(8-19)14-11(16)2-1-3-12(14)17/h1-7,13,18-19H,8H2. The maximum atomic E-state index is 13.8. The van der Waals surface area contributed by atoms with Crippen molar-refractivity contribution in [2.24, 2.45) is 0 Å². The molecule has 0 aliphatic carbocycles. The minimum absolute atomic E-state index is 0.253. The van der Waals surface area contributed by atoms with Crippen LogP contribution < -0.4 is 5.32 Å². The first-order valence-corrected chi connectivity index (χ1v) is 6.86. The summed E-state index contributed by atoms with van der Waals surface area (Å²) in [6.07, 6.45) is 0. The van der Waals surface area contributed by atoms with Crippen LogP contribution in [0.15, 0.2) is 46.9 Å². The molecule has 0 spiro atoms. The van der Waals surface area contributed by atoms with E-state index in [1.165, 1.54) is 12.1 Å². The Balaban J connectivity index is 2.27. The van der Waals surface area contributed by atoms with Crippen LogP contribution in [0.25, 0.3) is 0 Å². The number of aliphatic hydroxyl groups is 1. The van der Waals surface area contributed by atoms with E-state index in [9.17, 15) is 9.50 Å². The molecule has 5 heteroatoms. The highest BCUT2D eigenvalue weighted by Crippen LogP contribution is 2.28. The van der Waals surface area contributed by atoms with Crippen LogP contribution >= 0.6 is 27.5 Å². The quantitative estimate of drug-likeness (QED) is 0.862. The summed E-state index contributed by atoms with van der Waals surface area (Å²) < 4.78 is 14.8. The van der Waals surface area contributed by atoms with Gasteiger partial charge >= 0.3 is 0 Å². The number of benzene rings is 2. The van der Waals surface area contributed by atoms with Crippen LogP contribution in [-0.2, 0) is 0 Å². The molecule has 0 saturated heterocycles. The number of anilines is 1. The maximum absolute atomic E-state index is 13.8. The molecule has 100 valence electrons. The van der Waals surface area contributed by atoms with Crippen molar-refractivity contribution in [3.8, 4) is 0 Å². The van der Waals surface area contributed by atoms with Crippen LogP contribution in [0.2, 0.25) is 5.02 Å². The summed E-state index contributed by atoms with van der Waals surface area (Å²) in [7, 11) is 0. The lowest BCUT2D eigenvalue weighted by Gasteiger charge is -2.19. The highest BCUT2D eigenvalue weighted by Gasteiger charge is 2.18. The lowest BCUT2D eigenvalue weighted by molar-refractivity contribution is 0.274. The number of aliphatic hydroxyl groups excluding tert-OH is 1. The van der Waals surface area contributed by atoms with Gasteiger partial charge in [-0.1, -0.05) is 33.6 Å².